The van der Waals surface area contributed by atoms with Gasteiger partial charge in [-0.1, -0.05) is 0 Å². The molecule has 0 atom stereocenters. The van der Waals surface area contributed by atoms with Crippen LogP contribution in [0.1, 0.15) is 0 Å². The summed E-state index contributed by atoms with van der Waals surface area (Å²) in [5.41, 5.74) is 0. The van der Waals surface area contributed by atoms with Crippen LogP contribution >= 0.6 is 0 Å². The molecule has 0 aromatic rings. The third-order valence-corrected chi connectivity index (χ3v) is 12.6. The van der Waals surface area contributed by atoms with Crippen LogP contribution in [0.5, 0.6) is 0 Å². The molecule has 0 aliphatic carbocycles. The molecule has 2 heterocycles. The molecule has 28 heavy (non-hydrogen) atoms. The minimum absolute atomic E-state index is 0.623. The van der Waals surface area contributed by atoms with Crippen molar-refractivity contribution in [2.24, 2.45) is 0 Å². The van der Waals surface area contributed by atoms with E-state index in [-0.39, 0.29) is 0 Å². The van der Waals surface area contributed by atoms with E-state index in [1.807, 2.05) is 0 Å². The monoisotopic (exact) mass is 612 g/mol. The summed E-state index contributed by atoms with van der Waals surface area (Å²) in [7, 11) is 0. The van der Waals surface area contributed by atoms with Gasteiger partial charge in [0.2, 0.25) is 0 Å². The quantitative estimate of drug-likeness (QED) is 0.286. The van der Waals surface area contributed by atoms with Gasteiger partial charge in [0.1, 0.15) is 0 Å². The fourth-order valence-corrected chi connectivity index (χ4v) is 9.97. The Morgan fingerprint density at radius 1 is 0.679 bits per heavy atom. The summed E-state index contributed by atoms with van der Waals surface area (Å²) in [5.74, 6) is -5.92. The topological polar surface area (TPSA) is 158 Å². The molecule has 12 nitrogen and oxygen atoms in total. The van der Waals surface area contributed by atoms with E-state index in [9.17, 15) is 28.8 Å². The van der Waals surface area contributed by atoms with Crippen LogP contribution in [0.3, 0.4) is 0 Å². The van der Waals surface area contributed by atoms with E-state index >= 15 is 0 Å². The zero-order valence-corrected chi connectivity index (χ0v) is 20.1. The SMILES string of the molecule is [CH3][Sn]1([O]C(=O)/C=C\C(=O)[O][Sn]2([CH3])[O]C(=O)C=CC(=O)[O]2)[O]C(=O)C=CC(=O)[O]1. The Kier molecular flexibility index (Phi) is 6.86. The van der Waals surface area contributed by atoms with Gasteiger partial charge in [-0.15, -0.1) is 0 Å². The number of carbonyl (C=O) groups excluding carboxylic acids is 6. The molecule has 0 amide bonds. The Hall–Kier alpha value is -2.36. The first kappa shape index (κ1) is 21.9. The molecule has 0 N–H and O–H groups in total. The van der Waals surface area contributed by atoms with Crippen molar-refractivity contribution in [3.8, 4) is 0 Å². The van der Waals surface area contributed by atoms with Crippen molar-refractivity contribution in [1.82, 2.24) is 0 Å². The minimum atomic E-state index is -4.81. The second-order valence-corrected chi connectivity index (χ2v) is 18.6. The Morgan fingerprint density at radius 2 is 0.929 bits per heavy atom. The van der Waals surface area contributed by atoms with Gasteiger partial charge in [0.25, 0.3) is 0 Å². The maximum atomic E-state index is 11.8. The number of hydrogen-bond donors (Lipinski definition) is 0. The molecule has 0 saturated heterocycles. The Balaban J connectivity index is 1.97. The van der Waals surface area contributed by atoms with Gasteiger partial charge in [0.05, 0.1) is 0 Å². The summed E-state index contributed by atoms with van der Waals surface area (Å²) in [4.78, 5) is 71.6. The third kappa shape index (κ3) is 6.66. The molecule has 0 radical (unpaired) electrons. The first-order valence-electron chi connectivity index (χ1n) is 7.41. The van der Waals surface area contributed by atoms with Crippen molar-refractivity contribution in [2.45, 2.75) is 9.88 Å². The van der Waals surface area contributed by atoms with Crippen LogP contribution < -0.4 is 0 Å². The standard InChI is InChI=1S/3C4H4O4.2CH3.2Sn/c3*5-3(6)1-2-4(7)8;;;;/h3*1-2H,(H,5,6)(H,7,8);2*1H3;;/q;;;;;2*+3/p-6/b2-1-;;;;;;. The Bertz CT molecular complexity index is 731. The number of rotatable bonds is 4. The van der Waals surface area contributed by atoms with Gasteiger partial charge >= 0.3 is 169 Å². The molecule has 2 aliphatic heterocycles. The van der Waals surface area contributed by atoms with Gasteiger partial charge in [0, 0.05) is 0 Å². The summed E-state index contributed by atoms with van der Waals surface area (Å²) < 4.78 is 29.2. The fourth-order valence-electron chi connectivity index (χ4n) is 1.83. The molecule has 148 valence electrons. The molecular weight excluding hydrogens is 598 g/mol. The van der Waals surface area contributed by atoms with Gasteiger partial charge in [-0.3, -0.25) is 0 Å². The molecule has 0 aromatic carbocycles. The molecule has 0 fully saturated rings. The average molecular weight is 610 g/mol. The molecule has 0 aromatic heterocycles. The number of hydrogen-bond acceptors (Lipinski definition) is 12. The molecule has 0 spiro atoms. The van der Waals surface area contributed by atoms with E-state index in [2.05, 4.69) is 0 Å². The zero-order valence-electron chi connectivity index (χ0n) is 14.4. The first-order chi connectivity index (χ1) is 13.0. The van der Waals surface area contributed by atoms with Crippen LogP contribution in [0.2, 0.25) is 9.88 Å². The second-order valence-electron chi connectivity index (χ2n) is 5.25. The summed E-state index contributed by atoms with van der Waals surface area (Å²) >= 11 is -9.62. The van der Waals surface area contributed by atoms with E-state index < -0.39 is 75.1 Å². The van der Waals surface area contributed by atoms with Crippen LogP contribution in [0.15, 0.2) is 36.5 Å². The zero-order chi connectivity index (χ0) is 20.9. The van der Waals surface area contributed by atoms with Gasteiger partial charge in [-0.2, -0.15) is 0 Å². The molecule has 2 aliphatic rings. The molecule has 0 saturated carbocycles. The predicted molar refractivity (Wildman–Crippen MR) is 87.2 cm³/mol. The molecule has 14 heteroatoms. The van der Waals surface area contributed by atoms with E-state index in [0.717, 1.165) is 24.3 Å². The third-order valence-electron chi connectivity index (χ3n) is 2.78. The maximum absolute atomic E-state index is 11.8. The average Bonchev–Trinajstić information content (AvgIpc) is 2.75. The molecule has 0 bridgehead atoms. The van der Waals surface area contributed by atoms with Crippen LogP contribution in [0.4, 0.5) is 0 Å². The van der Waals surface area contributed by atoms with Crippen molar-refractivity contribution in [3.05, 3.63) is 36.5 Å². The predicted octanol–water partition coefficient (Wildman–Crippen LogP) is -0.921. The summed E-state index contributed by atoms with van der Waals surface area (Å²) in [6, 6.07) is 0. The summed E-state index contributed by atoms with van der Waals surface area (Å²) in [6.45, 7) is 0. The summed E-state index contributed by atoms with van der Waals surface area (Å²) in [5, 5.41) is 0. The van der Waals surface area contributed by atoms with Gasteiger partial charge in [-0.25, -0.2) is 0 Å². The Morgan fingerprint density at radius 3 is 1.18 bits per heavy atom. The van der Waals surface area contributed by atoms with Crippen molar-refractivity contribution in [2.75, 3.05) is 0 Å². The van der Waals surface area contributed by atoms with Crippen molar-refractivity contribution in [1.29, 1.82) is 0 Å². The van der Waals surface area contributed by atoms with Crippen LogP contribution in [-0.4, -0.2) is 75.1 Å². The Labute approximate surface area is 168 Å². The van der Waals surface area contributed by atoms with Crippen LogP contribution in [0.25, 0.3) is 0 Å². The van der Waals surface area contributed by atoms with Crippen LogP contribution in [0, 0.1) is 0 Å². The van der Waals surface area contributed by atoms with Crippen molar-refractivity contribution >= 4 is 75.1 Å². The fraction of sp³-hybridized carbons (Fsp3) is 0.143. The van der Waals surface area contributed by atoms with E-state index in [0.29, 0.717) is 12.2 Å². The van der Waals surface area contributed by atoms with Crippen LogP contribution in [-0.2, 0) is 47.2 Å². The van der Waals surface area contributed by atoms with Gasteiger partial charge in [-0.05, 0) is 0 Å². The number of carbonyl (C=O) groups is 6. The van der Waals surface area contributed by atoms with E-state index in [1.54, 1.807) is 0 Å². The molecule has 2 rings (SSSR count). The molecular formula is C14H12O12Sn2. The van der Waals surface area contributed by atoms with Crippen molar-refractivity contribution < 1.29 is 47.2 Å². The molecule has 0 unspecified atom stereocenters. The summed E-state index contributed by atoms with van der Waals surface area (Å²) in [6.07, 6.45) is 4.54. The van der Waals surface area contributed by atoms with E-state index in [4.69, 9.17) is 18.4 Å². The van der Waals surface area contributed by atoms with Gasteiger partial charge < -0.3 is 0 Å². The van der Waals surface area contributed by atoms with Crippen molar-refractivity contribution in [3.63, 3.8) is 0 Å². The van der Waals surface area contributed by atoms with Gasteiger partial charge in [0.15, 0.2) is 0 Å². The second kappa shape index (κ2) is 8.76. The normalized spacial score (nSPS) is 20.2. The van der Waals surface area contributed by atoms with E-state index in [1.165, 1.54) is 9.88 Å². The first-order valence-corrected chi connectivity index (χ1v) is 20.1.